The van der Waals surface area contributed by atoms with Gasteiger partial charge in [-0.25, -0.2) is 0 Å². The number of methoxy groups -OCH3 is 1. The second-order valence-electron chi connectivity index (χ2n) is 2.52. The van der Waals surface area contributed by atoms with Crippen LogP contribution in [0.3, 0.4) is 0 Å². The lowest BCUT2D eigenvalue weighted by molar-refractivity contribution is -0.146. The Bertz CT molecular complexity index is 159. The third-order valence-electron chi connectivity index (χ3n) is 1.62. The van der Waals surface area contributed by atoms with Gasteiger partial charge in [-0.05, 0) is 0 Å². The Balaban J connectivity index is 4.30. The number of hydrogen-bond donors (Lipinski definition) is 4. The Labute approximate surface area is 75.4 Å². The van der Waals surface area contributed by atoms with Crippen molar-refractivity contribution in [3.63, 3.8) is 0 Å². The summed E-state index contributed by atoms with van der Waals surface area (Å²) in [6.45, 7) is -1.46. The van der Waals surface area contributed by atoms with Gasteiger partial charge >= 0.3 is 0 Å². The number of aliphatic hydroxyl groups is 4. The molecule has 0 aliphatic heterocycles. The summed E-state index contributed by atoms with van der Waals surface area (Å²) in [7, 11) is 1.16. The van der Waals surface area contributed by atoms with Crippen LogP contribution in [-0.4, -0.2) is 64.8 Å². The van der Waals surface area contributed by atoms with Crippen LogP contribution in [0.25, 0.3) is 0 Å². The fourth-order valence-electron chi connectivity index (χ4n) is 0.861. The first-order valence-corrected chi connectivity index (χ1v) is 3.71. The molecule has 0 radical (unpaired) electrons. The highest BCUT2D eigenvalue weighted by atomic mass is 16.5. The molecule has 0 spiro atoms. The molecule has 0 aromatic rings. The molecule has 6 heteroatoms. The monoisotopic (exact) mass is 194 g/mol. The minimum Gasteiger partial charge on any atom is -0.394 e. The molecule has 4 N–H and O–H groups in total. The van der Waals surface area contributed by atoms with Crippen molar-refractivity contribution in [3.8, 4) is 0 Å². The number of ketones is 1. The van der Waals surface area contributed by atoms with E-state index in [0.717, 1.165) is 7.11 Å². The van der Waals surface area contributed by atoms with Crippen LogP contribution in [0, 0.1) is 0 Å². The van der Waals surface area contributed by atoms with Crippen molar-refractivity contribution < 1.29 is 30.0 Å². The molecule has 0 saturated carbocycles. The first-order valence-electron chi connectivity index (χ1n) is 3.71. The molecule has 0 aliphatic rings. The number of carbonyl (C=O) groups is 1. The van der Waals surface area contributed by atoms with Crippen molar-refractivity contribution in [3.05, 3.63) is 0 Å². The molecule has 0 aromatic heterocycles. The molecule has 78 valence electrons. The maximum Gasteiger partial charge on any atom is 0.189 e. The van der Waals surface area contributed by atoms with Gasteiger partial charge in [0.25, 0.3) is 0 Å². The predicted octanol–water partition coefficient (Wildman–Crippen LogP) is -2.72. The van der Waals surface area contributed by atoms with Gasteiger partial charge in [-0.1, -0.05) is 0 Å². The van der Waals surface area contributed by atoms with E-state index in [4.69, 9.17) is 15.3 Å². The highest BCUT2D eigenvalue weighted by Gasteiger charge is 2.30. The molecular weight excluding hydrogens is 180 g/mol. The largest absolute Gasteiger partial charge is 0.394 e. The fraction of sp³-hybridized carbons (Fsp3) is 0.857. The van der Waals surface area contributed by atoms with E-state index >= 15 is 0 Å². The Morgan fingerprint density at radius 3 is 2.23 bits per heavy atom. The maximum atomic E-state index is 10.9. The van der Waals surface area contributed by atoms with Crippen molar-refractivity contribution in [2.45, 2.75) is 18.3 Å². The number of Topliss-reactive ketones (excluding diaryl/α,β-unsaturated/α-hetero) is 1. The van der Waals surface area contributed by atoms with Crippen LogP contribution >= 0.6 is 0 Å². The summed E-state index contributed by atoms with van der Waals surface area (Å²) in [5.74, 6) is -0.748. The number of hydrogen-bond acceptors (Lipinski definition) is 6. The topological polar surface area (TPSA) is 107 Å². The predicted molar refractivity (Wildman–Crippen MR) is 42.0 cm³/mol. The summed E-state index contributed by atoms with van der Waals surface area (Å²) in [6.07, 6.45) is -4.30. The summed E-state index contributed by atoms with van der Waals surface area (Å²) in [5, 5.41) is 35.1. The van der Waals surface area contributed by atoms with Gasteiger partial charge in [0, 0.05) is 7.11 Å². The lowest BCUT2D eigenvalue weighted by Crippen LogP contribution is -2.45. The van der Waals surface area contributed by atoms with Gasteiger partial charge in [0.05, 0.1) is 6.61 Å². The van der Waals surface area contributed by atoms with E-state index in [1.807, 2.05) is 0 Å². The van der Waals surface area contributed by atoms with Crippen LogP contribution < -0.4 is 0 Å². The summed E-state index contributed by atoms with van der Waals surface area (Å²) >= 11 is 0. The van der Waals surface area contributed by atoms with Crippen molar-refractivity contribution in [1.29, 1.82) is 0 Å². The molecule has 3 atom stereocenters. The summed E-state index contributed by atoms with van der Waals surface area (Å²) in [4.78, 5) is 10.9. The zero-order chi connectivity index (χ0) is 10.4. The Kier molecular flexibility index (Phi) is 5.76. The van der Waals surface area contributed by atoms with Gasteiger partial charge in [-0.3, -0.25) is 4.79 Å². The second-order valence-corrected chi connectivity index (χ2v) is 2.52. The van der Waals surface area contributed by atoms with Crippen LogP contribution in [0.4, 0.5) is 0 Å². The average molecular weight is 194 g/mol. The number of carbonyl (C=O) groups excluding carboxylic acids is 1. The third kappa shape index (κ3) is 3.37. The van der Waals surface area contributed by atoms with Crippen LogP contribution in [0.15, 0.2) is 0 Å². The van der Waals surface area contributed by atoms with E-state index in [2.05, 4.69) is 4.74 Å². The zero-order valence-corrected chi connectivity index (χ0v) is 7.25. The maximum absolute atomic E-state index is 10.9. The van der Waals surface area contributed by atoms with Crippen LogP contribution in [0.2, 0.25) is 0 Å². The molecular formula is C7H14O6. The average Bonchev–Trinajstić information content (AvgIpc) is 2.17. The van der Waals surface area contributed by atoms with Gasteiger partial charge in [0.1, 0.15) is 24.9 Å². The van der Waals surface area contributed by atoms with Crippen molar-refractivity contribution in [2.24, 2.45) is 0 Å². The summed E-state index contributed by atoms with van der Waals surface area (Å²) in [5.41, 5.74) is 0. The Morgan fingerprint density at radius 1 is 1.38 bits per heavy atom. The highest BCUT2D eigenvalue weighted by molar-refractivity contribution is 5.84. The number of rotatable bonds is 6. The normalized spacial score (nSPS) is 17.9. The molecule has 0 fully saturated rings. The Morgan fingerprint density at radius 2 is 1.92 bits per heavy atom. The van der Waals surface area contributed by atoms with Gasteiger partial charge < -0.3 is 25.2 Å². The zero-order valence-electron chi connectivity index (χ0n) is 7.25. The van der Waals surface area contributed by atoms with Crippen molar-refractivity contribution >= 4 is 5.78 Å². The standard InChI is InChI=1S/C7H14O6/c1-13-7(5(11)3-9)6(12)4(10)2-8/h4,6-10,12H,2-3H2,1H3/t4-,6+,7-/m1/s1. The van der Waals surface area contributed by atoms with Crippen LogP contribution in [0.5, 0.6) is 0 Å². The van der Waals surface area contributed by atoms with Crippen molar-refractivity contribution in [2.75, 3.05) is 20.3 Å². The number of ether oxygens (including phenoxy) is 1. The molecule has 13 heavy (non-hydrogen) atoms. The van der Waals surface area contributed by atoms with E-state index in [-0.39, 0.29) is 0 Å². The fourth-order valence-corrected chi connectivity index (χ4v) is 0.861. The smallest absolute Gasteiger partial charge is 0.189 e. The van der Waals surface area contributed by atoms with E-state index < -0.39 is 37.3 Å². The Hall–Kier alpha value is -0.530. The van der Waals surface area contributed by atoms with Gasteiger partial charge in [0.15, 0.2) is 5.78 Å². The molecule has 0 aromatic carbocycles. The van der Waals surface area contributed by atoms with E-state index in [0.29, 0.717) is 0 Å². The van der Waals surface area contributed by atoms with Gasteiger partial charge in [-0.2, -0.15) is 0 Å². The molecule has 0 unspecified atom stereocenters. The summed E-state index contributed by atoms with van der Waals surface area (Å²) < 4.78 is 4.56. The molecule has 6 nitrogen and oxygen atoms in total. The lowest BCUT2D eigenvalue weighted by atomic mass is 10.1. The molecule has 0 aliphatic carbocycles. The van der Waals surface area contributed by atoms with Crippen LogP contribution in [0.1, 0.15) is 0 Å². The molecule has 0 amide bonds. The van der Waals surface area contributed by atoms with Crippen molar-refractivity contribution in [1.82, 2.24) is 0 Å². The quantitative estimate of drug-likeness (QED) is 0.366. The first-order chi connectivity index (χ1) is 6.08. The molecule has 0 rings (SSSR count). The molecule has 0 saturated heterocycles. The highest BCUT2D eigenvalue weighted by Crippen LogP contribution is 2.04. The SMILES string of the molecule is CO[C@H](C(=O)CO)[C@@H](O)[C@H](O)CO. The minimum absolute atomic E-state index is 0.681. The second kappa shape index (κ2) is 6.01. The van der Waals surface area contributed by atoms with Gasteiger partial charge in [0.2, 0.25) is 0 Å². The first kappa shape index (κ1) is 12.5. The third-order valence-corrected chi connectivity index (χ3v) is 1.62. The van der Waals surface area contributed by atoms with E-state index in [1.165, 1.54) is 0 Å². The van der Waals surface area contributed by atoms with E-state index in [1.54, 1.807) is 0 Å². The summed E-state index contributed by atoms with van der Waals surface area (Å²) in [6, 6.07) is 0. The van der Waals surface area contributed by atoms with E-state index in [9.17, 15) is 9.90 Å². The number of aliphatic hydroxyl groups excluding tert-OH is 4. The van der Waals surface area contributed by atoms with Crippen LogP contribution in [-0.2, 0) is 9.53 Å². The van der Waals surface area contributed by atoms with Gasteiger partial charge in [-0.15, -0.1) is 0 Å². The molecule has 0 heterocycles. The molecule has 0 bridgehead atoms. The lowest BCUT2D eigenvalue weighted by Gasteiger charge is -2.22. The minimum atomic E-state index is -1.53.